The molecule has 1 heteroatoms. The zero-order chi connectivity index (χ0) is 11.9. The summed E-state index contributed by atoms with van der Waals surface area (Å²) in [5, 5.41) is 2.85. The first kappa shape index (κ1) is 14.5. The van der Waals surface area contributed by atoms with E-state index in [9.17, 15) is 0 Å². The third-order valence-electron chi connectivity index (χ3n) is 3.31. The third kappa shape index (κ3) is 2.82. The molecule has 0 unspecified atom stereocenters. The van der Waals surface area contributed by atoms with E-state index in [-0.39, 0.29) is 18.9 Å². The van der Waals surface area contributed by atoms with Crippen molar-refractivity contribution in [1.29, 1.82) is 0 Å². The van der Waals surface area contributed by atoms with Crippen molar-refractivity contribution in [2.45, 2.75) is 46.5 Å². The molecule has 0 bridgehead atoms. The van der Waals surface area contributed by atoms with E-state index in [1.54, 1.807) is 0 Å². The van der Waals surface area contributed by atoms with E-state index >= 15 is 0 Å². The summed E-state index contributed by atoms with van der Waals surface area (Å²) < 4.78 is 0. The quantitative estimate of drug-likeness (QED) is 0.537. The molecule has 17 heavy (non-hydrogen) atoms. The molecule has 0 atom stereocenters. The Morgan fingerprint density at radius 2 is 1.59 bits per heavy atom. The van der Waals surface area contributed by atoms with Crippen LogP contribution >= 0.6 is 0 Å². The zero-order valence-electron chi connectivity index (χ0n) is 12.0. The average Bonchev–Trinajstić information content (AvgIpc) is 2.55. The van der Waals surface area contributed by atoms with Crippen molar-refractivity contribution in [3.8, 4) is 0 Å². The van der Waals surface area contributed by atoms with Gasteiger partial charge < -0.3 is 0 Å². The van der Waals surface area contributed by atoms with E-state index in [4.69, 9.17) is 0 Å². The summed E-state index contributed by atoms with van der Waals surface area (Å²) in [5.74, 6) is 1.21. The van der Waals surface area contributed by atoms with Crippen molar-refractivity contribution in [3.63, 3.8) is 0 Å². The van der Waals surface area contributed by atoms with Crippen LogP contribution in [-0.2, 0) is 0 Å². The number of fused-ring (bicyclic) bond motifs is 1. The van der Waals surface area contributed by atoms with Crippen LogP contribution in [0.5, 0.6) is 0 Å². The molecule has 0 N–H and O–H groups in total. The fraction of sp³-hybridized carbons (Fsp3) is 0.438. The predicted molar refractivity (Wildman–Crippen MR) is 72.5 cm³/mol. The Morgan fingerprint density at radius 3 is 2.12 bits per heavy atom. The van der Waals surface area contributed by atoms with Gasteiger partial charge in [0.2, 0.25) is 0 Å². The van der Waals surface area contributed by atoms with Crippen molar-refractivity contribution in [3.05, 3.63) is 41.0 Å². The second kappa shape index (κ2) is 5.38. The topological polar surface area (TPSA) is 0 Å². The summed E-state index contributed by atoms with van der Waals surface area (Å²) in [4.78, 5) is 0. The van der Waals surface area contributed by atoms with Gasteiger partial charge in [-0.3, -0.25) is 0 Å². The van der Waals surface area contributed by atoms with Gasteiger partial charge >= 0.3 is 18.9 Å². The van der Waals surface area contributed by atoms with Crippen LogP contribution in [0.3, 0.4) is 0 Å². The van der Waals surface area contributed by atoms with Crippen LogP contribution in [0.2, 0.25) is 0 Å². The van der Waals surface area contributed by atoms with Crippen molar-refractivity contribution in [1.82, 2.24) is 0 Å². The zero-order valence-corrected chi connectivity index (χ0v) is 12.0. The van der Waals surface area contributed by atoms with Crippen LogP contribution in [0.15, 0.2) is 24.3 Å². The molecule has 0 aliphatic rings. The summed E-state index contributed by atoms with van der Waals surface area (Å²) in [5.41, 5.74) is 4.33. The Hall–Kier alpha value is -0.573. The summed E-state index contributed by atoms with van der Waals surface area (Å²) >= 11 is 0. The number of rotatable bonds is 2. The second-order valence-electron chi connectivity index (χ2n) is 5.46. The van der Waals surface area contributed by atoms with E-state index < -0.39 is 0 Å². The first-order valence-electron chi connectivity index (χ1n) is 6.20. The first-order valence-corrected chi connectivity index (χ1v) is 6.20. The minimum absolute atomic E-state index is 0. The van der Waals surface area contributed by atoms with Gasteiger partial charge in [-0.15, -0.1) is 28.5 Å². The molecule has 2 aromatic carbocycles. The summed E-state index contributed by atoms with van der Waals surface area (Å²) in [6.45, 7) is 11.3. The van der Waals surface area contributed by atoms with Gasteiger partial charge in [-0.25, -0.2) is 0 Å². The Balaban J connectivity index is 0.00000144. The Morgan fingerprint density at radius 1 is 0.941 bits per heavy atom. The van der Waals surface area contributed by atoms with Gasteiger partial charge in [-0.05, 0) is 11.8 Å². The molecular formula is C16H21Li. The maximum Gasteiger partial charge on any atom is 1.00 e. The number of benzene rings is 1. The summed E-state index contributed by atoms with van der Waals surface area (Å²) in [6.07, 6.45) is 0. The van der Waals surface area contributed by atoms with Gasteiger partial charge in [-0.1, -0.05) is 51.8 Å². The van der Waals surface area contributed by atoms with Gasteiger partial charge in [0, 0.05) is 0 Å². The van der Waals surface area contributed by atoms with Gasteiger partial charge in [0.1, 0.15) is 0 Å². The molecule has 2 rings (SSSR count). The van der Waals surface area contributed by atoms with Crippen LogP contribution in [0.25, 0.3) is 10.8 Å². The largest absolute Gasteiger partial charge is 1.00 e. The molecule has 86 valence electrons. The second-order valence-corrected chi connectivity index (χ2v) is 5.46. The monoisotopic (exact) mass is 220 g/mol. The molecule has 0 heterocycles. The predicted octanol–water partition coefficient (Wildman–Crippen LogP) is 2.12. The van der Waals surface area contributed by atoms with E-state index in [0.717, 1.165) is 0 Å². The van der Waals surface area contributed by atoms with Crippen LogP contribution < -0.4 is 18.9 Å². The summed E-state index contributed by atoms with van der Waals surface area (Å²) in [7, 11) is 0. The van der Waals surface area contributed by atoms with Crippen molar-refractivity contribution in [2.75, 3.05) is 0 Å². The maximum atomic E-state index is 2.39. The first-order chi connectivity index (χ1) is 7.49. The van der Waals surface area contributed by atoms with E-state index in [0.29, 0.717) is 11.8 Å². The van der Waals surface area contributed by atoms with Crippen LogP contribution in [0.1, 0.15) is 56.2 Å². The molecule has 0 nitrogen and oxygen atoms in total. The van der Waals surface area contributed by atoms with Crippen molar-refractivity contribution in [2.24, 2.45) is 0 Å². The number of hydrogen-bond acceptors (Lipinski definition) is 0. The Bertz CT molecular complexity index is 503. The van der Waals surface area contributed by atoms with Gasteiger partial charge in [0.25, 0.3) is 0 Å². The van der Waals surface area contributed by atoms with E-state index in [2.05, 4.69) is 58.9 Å². The fourth-order valence-electron chi connectivity index (χ4n) is 2.33. The Kier molecular flexibility index (Phi) is 4.59. The van der Waals surface area contributed by atoms with Crippen molar-refractivity contribution >= 4 is 10.8 Å². The number of aryl methyl sites for hydroxylation is 1. The van der Waals surface area contributed by atoms with Gasteiger partial charge in [-0.2, -0.15) is 6.07 Å². The SMILES string of the molecule is Cc1cc2c(C(C)C)cc(C(C)C)cc2[cH-]1.[Li+]. The maximum absolute atomic E-state index is 2.39. The molecule has 0 amide bonds. The average molecular weight is 220 g/mol. The standard InChI is InChI=1S/C16H21.Li/c1-10(2)13-8-14-6-12(5)7-16(14)15(9-13)11(3)4;/h6-11H,1-5H3;/q-1;+1. The van der Waals surface area contributed by atoms with E-state index in [1.807, 2.05) is 0 Å². The molecular weight excluding hydrogens is 199 g/mol. The van der Waals surface area contributed by atoms with Gasteiger partial charge in [0.15, 0.2) is 0 Å². The third-order valence-corrected chi connectivity index (χ3v) is 3.31. The normalized spacial score (nSPS) is 11.2. The minimum atomic E-state index is 0. The molecule has 0 radical (unpaired) electrons. The molecule has 0 aliphatic heterocycles. The van der Waals surface area contributed by atoms with Crippen LogP contribution in [0, 0.1) is 6.92 Å². The molecule has 0 saturated heterocycles. The molecule has 2 aromatic rings. The van der Waals surface area contributed by atoms with Crippen LogP contribution in [-0.4, -0.2) is 0 Å². The summed E-state index contributed by atoms with van der Waals surface area (Å²) in [6, 6.07) is 9.35. The van der Waals surface area contributed by atoms with Crippen LogP contribution in [0.4, 0.5) is 0 Å². The van der Waals surface area contributed by atoms with E-state index in [1.165, 1.54) is 27.5 Å². The smallest absolute Gasteiger partial charge is 0.165 e. The minimum Gasteiger partial charge on any atom is -0.165 e. The number of hydrogen-bond donors (Lipinski definition) is 0. The fourth-order valence-corrected chi connectivity index (χ4v) is 2.33. The molecule has 0 aromatic heterocycles. The van der Waals surface area contributed by atoms with Crippen molar-refractivity contribution < 1.29 is 18.9 Å². The molecule has 0 aliphatic carbocycles. The molecule has 0 fully saturated rings. The molecule has 0 saturated carbocycles. The van der Waals surface area contributed by atoms with Gasteiger partial charge in [0.05, 0.1) is 0 Å². The Labute approximate surface area is 117 Å². The molecule has 0 spiro atoms.